The van der Waals surface area contributed by atoms with E-state index in [1.165, 1.54) is 116 Å². The molecule has 0 saturated carbocycles. The van der Waals surface area contributed by atoms with Crippen LogP contribution in [0.3, 0.4) is 0 Å². The minimum atomic E-state index is -0.834. The Bertz CT molecular complexity index is 1840. The molecule has 0 aromatic heterocycles. The highest BCUT2D eigenvalue weighted by atomic mass is 16.6. The highest BCUT2D eigenvalue weighted by molar-refractivity contribution is 5.71. The van der Waals surface area contributed by atoms with Gasteiger partial charge in [0, 0.05) is 19.3 Å². The van der Waals surface area contributed by atoms with Crippen molar-refractivity contribution in [3.63, 3.8) is 0 Å². The average molecular weight is 1150 g/mol. The smallest absolute Gasteiger partial charge is 0.306 e. The molecule has 0 spiro atoms. The molecule has 0 aliphatic heterocycles. The minimum Gasteiger partial charge on any atom is -0.462 e. The fourth-order valence-corrected chi connectivity index (χ4v) is 9.02. The second-order valence-electron chi connectivity index (χ2n) is 22.0. The lowest BCUT2D eigenvalue weighted by atomic mass is 10.0. The van der Waals surface area contributed by atoms with Gasteiger partial charge in [0.15, 0.2) is 6.10 Å². The number of hydrogen-bond acceptors (Lipinski definition) is 6. The highest BCUT2D eigenvalue weighted by Crippen LogP contribution is 2.16. The molecule has 1 atom stereocenters. The van der Waals surface area contributed by atoms with Crippen LogP contribution in [0.1, 0.15) is 290 Å². The minimum absolute atomic E-state index is 0.118. The van der Waals surface area contributed by atoms with Gasteiger partial charge >= 0.3 is 17.9 Å². The van der Waals surface area contributed by atoms with E-state index in [4.69, 9.17) is 14.2 Å². The molecule has 0 amide bonds. The normalized spacial score (nSPS) is 13.1. The summed E-state index contributed by atoms with van der Waals surface area (Å²) in [6.45, 7) is 6.35. The van der Waals surface area contributed by atoms with E-state index in [9.17, 15) is 14.4 Å². The quantitative estimate of drug-likeness (QED) is 0.0261. The van der Waals surface area contributed by atoms with E-state index in [1.807, 2.05) is 0 Å². The Hall–Kier alpha value is -4.97. The van der Waals surface area contributed by atoms with Gasteiger partial charge < -0.3 is 14.2 Å². The Morgan fingerprint density at radius 1 is 0.253 bits per heavy atom. The van der Waals surface area contributed by atoms with Gasteiger partial charge in [-0.1, -0.05) is 307 Å². The van der Waals surface area contributed by atoms with E-state index in [1.54, 1.807) is 0 Å². The van der Waals surface area contributed by atoms with Crippen LogP contribution in [-0.4, -0.2) is 37.2 Å². The molecule has 0 rings (SSSR count). The number of rotatable bonds is 60. The topological polar surface area (TPSA) is 78.9 Å². The predicted octanol–water partition coefficient (Wildman–Crippen LogP) is 23.7. The zero-order valence-corrected chi connectivity index (χ0v) is 53.7. The molecule has 0 aliphatic carbocycles. The fourth-order valence-electron chi connectivity index (χ4n) is 9.02. The molecule has 6 heteroatoms. The van der Waals surface area contributed by atoms with Gasteiger partial charge in [-0.05, 0) is 122 Å². The number of hydrogen-bond donors (Lipinski definition) is 0. The first-order valence-electron chi connectivity index (χ1n) is 34.0. The van der Waals surface area contributed by atoms with Crippen molar-refractivity contribution in [3.8, 4) is 0 Å². The van der Waals surface area contributed by atoms with Crippen molar-refractivity contribution in [3.05, 3.63) is 158 Å². The Balaban J connectivity index is 4.57. The van der Waals surface area contributed by atoms with Crippen molar-refractivity contribution in [2.24, 2.45) is 0 Å². The van der Waals surface area contributed by atoms with Crippen molar-refractivity contribution >= 4 is 17.9 Å². The summed E-state index contributed by atoms with van der Waals surface area (Å²) in [4.78, 5) is 38.4. The molecule has 0 aliphatic rings. The van der Waals surface area contributed by atoms with Crippen LogP contribution in [0.15, 0.2) is 158 Å². The van der Waals surface area contributed by atoms with E-state index >= 15 is 0 Å². The first-order valence-corrected chi connectivity index (χ1v) is 34.0. The first-order chi connectivity index (χ1) is 41.0. The van der Waals surface area contributed by atoms with Crippen LogP contribution >= 0.6 is 0 Å². The molecule has 0 aromatic carbocycles. The van der Waals surface area contributed by atoms with Crippen molar-refractivity contribution in [1.82, 2.24) is 0 Å². The summed E-state index contributed by atoms with van der Waals surface area (Å²) in [5.41, 5.74) is 0. The van der Waals surface area contributed by atoms with E-state index < -0.39 is 6.10 Å². The number of esters is 3. The maximum absolute atomic E-state index is 12.9. The van der Waals surface area contributed by atoms with Gasteiger partial charge in [0.05, 0.1) is 0 Å². The average Bonchev–Trinajstić information content (AvgIpc) is 3.49. The summed E-state index contributed by atoms with van der Waals surface area (Å²) in [6, 6.07) is 0. The lowest BCUT2D eigenvalue weighted by Crippen LogP contribution is -2.30. The molecule has 0 radical (unpaired) electrons. The molecular formula is C77H124O6. The van der Waals surface area contributed by atoms with Gasteiger partial charge in [0.1, 0.15) is 13.2 Å². The molecular weight excluding hydrogens is 1020 g/mol. The summed E-state index contributed by atoms with van der Waals surface area (Å²) in [5, 5.41) is 0. The van der Waals surface area contributed by atoms with E-state index in [0.29, 0.717) is 19.3 Å². The summed E-state index contributed by atoms with van der Waals surface area (Å²) >= 11 is 0. The Morgan fingerprint density at radius 3 is 0.783 bits per heavy atom. The molecule has 6 nitrogen and oxygen atoms in total. The van der Waals surface area contributed by atoms with Crippen LogP contribution in [0, 0.1) is 0 Å². The molecule has 1 unspecified atom stereocenters. The van der Waals surface area contributed by atoms with Crippen LogP contribution in [0.4, 0.5) is 0 Å². The van der Waals surface area contributed by atoms with Crippen LogP contribution in [0.5, 0.6) is 0 Å². The molecule has 468 valence electrons. The molecule has 0 bridgehead atoms. The van der Waals surface area contributed by atoms with Crippen molar-refractivity contribution in [1.29, 1.82) is 0 Å². The lowest BCUT2D eigenvalue weighted by molar-refractivity contribution is -0.167. The summed E-state index contributed by atoms with van der Waals surface area (Å²) in [6.07, 6.45) is 101. The molecule has 83 heavy (non-hydrogen) atoms. The fraction of sp³-hybridized carbons (Fsp3) is 0.623. The summed E-state index contributed by atoms with van der Waals surface area (Å²) in [5.74, 6) is -1.02. The summed E-state index contributed by atoms with van der Waals surface area (Å²) < 4.78 is 16.9. The maximum Gasteiger partial charge on any atom is 0.306 e. The van der Waals surface area contributed by atoms with E-state index in [2.05, 4.69) is 179 Å². The van der Waals surface area contributed by atoms with Crippen LogP contribution in [-0.2, 0) is 28.6 Å². The van der Waals surface area contributed by atoms with Crippen molar-refractivity contribution in [2.75, 3.05) is 13.2 Å². The number of carbonyl (C=O) groups excluding carboxylic acids is 3. The van der Waals surface area contributed by atoms with Gasteiger partial charge in [-0.15, -0.1) is 0 Å². The number of unbranched alkanes of at least 4 members (excludes halogenated alkanes) is 23. The number of carbonyl (C=O) groups is 3. The second-order valence-corrected chi connectivity index (χ2v) is 22.0. The standard InChI is InChI=1S/C77H124O6/c1-4-7-10-13-16-19-22-25-28-31-34-37-38-41-43-46-49-52-55-58-61-64-67-70-76(79)82-73-74(83-77(80)71-68-65-62-59-56-53-50-47-44-40-36-33-30-27-24-21-18-15-12-9-6-3)72-81-75(78)69-66-63-60-57-54-51-48-45-42-39-35-32-29-26-23-20-17-14-11-8-5-2/h7,9-10,12,16,18-19,21,25,27-28,30,34,36-37,40-41,43,47,49-50,52,56,58-59,61,74H,4-6,8,11,13-15,17,20,22-24,26,29,31-33,35,38-39,42,44-46,48,51,53-55,57,60,62-73H2,1-3H3/b10-7-,12-9-,19-16-,21-18-,28-25-,30-27-,37-34-,40-36-,43-41-,50-47-,52-49-,59-56-,61-58-. The van der Waals surface area contributed by atoms with E-state index in [0.717, 1.165) is 122 Å². The van der Waals surface area contributed by atoms with Gasteiger partial charge in [0.2, 0.25) is 0 Å². The second kappa shape index (κ2) is 69.5. The van der Waals surface area contributed by atoms with Gasteiger partial charge in [0.25, 0.3) is 0 Å². The Labute approximate surface area is 511 Å². The van der Waals surface area contributed by atoms with Crippen LogP contribution in [0.2, 0.25) is 0 Å². The molecule has 0 aromatic rings. The Morgan fingerprint density at radius 2 is 0.482 bits per heavy atom. The highest BCUT2D eigenvalue weighted by Gasteiger charge is 2.19. The molecule has 0 N–H and O–H groups in total. The monoisotopic (exact) mass is 1140 g/mol. The SMILES string of the molecule is CC/C=C\C/C=C\C/C=C\C/C=C\C/C=C\C/C=C\C/C=C\CCCC(=O)OCC(COC(=O)CCCCCCCCCCCCCCCCCCCCCCC)OC(=O)CCCC/C=C\C/C=C\C/C=C\C/C=C\C/C=C\C/C=C\CC. The third-order valence-electron chi connectivity index (χ3n) is 14.0. The molecule has 0 saturated heterocycles. The Kier molecular flexibility index (Phi) is 65.4. The van der Waals surface area contributed by atoms with Gasteiger partial charge in [-0.2, -0.15) is 0 Å². The summed E-state index contributed by atoms with van der Waals surface area (Å²) in [7, 11) is 0. The number of allylic oxidation sites excluding steroid dienone is 26. The largest absolute Gasteiger partial charge is 0.462 e. The zero-order chi connectivity index (χ0) is 59.9. The maximum atomic E-state index is 12.9. The predicted molar refractivity (Wildman–Crippen MR) is 362 cm³/mol. The third kappa shape index (κ3) is 67.7. The van der Waals surface area contributed by atoms with Crippen LogP contribution in [0.25, 0.3) is 0 Å². The van der Waals surface area contributed by atoms with Gasteiger partial charge in [-0.3, -0.25) is 14.4 Å². The zero-order valence-electron chi connectivity index (χ0n) is 53.7. The molecule has 0 heterocycles. The first kappa shape index (κ1) is 78.0. The van der Waals surface area contributed by atoms with Crippen molar-refractivity contribution < 1.29 is 28.6 Å². The third-order valence-corrected chi connectivity index (χ3v) is 14.0. The number of ether oxygens (including phenoxy) is 3. The lowest BCUT2D eigenvalue weighted by Gasteiger charge is -2.18. The molecule has 0 fully saturated rings. The van der Waals surface area contributed by atoms with E-state index in [-0.39, 0.29) is 44.0 Å². The van der Waals surface area contributed by atoms with Gasteiger partial charge in [-0.25, -0.2) is 0 Å². The van der Waals surface area contributed by atoms with Crippen LogP contribution < -0.4 is 0 Å². The van der Waals surface area contributed by atoms with Crippen molar-refractivity contribution in [2.45, 2.75) is 297 Å².